The minimum atomic E-state index is -0.591. The van der Waals surface area contributed by atoms with Gasteiger partial charge in [0.25, 0.3) is 5.91 Å². The summed E-state index contributed by atoms with van der Waals surface area (Å²) in [5.41, 5.74) is 2.94. The summed E-state index contributed by atoms with van der Waals surface area (Å²) in [6, 6.07) is 8.91. The molecule has 0 bridgehead atoms. The lowest BCUT2D eigenvalue weighted by Gasteiger charge is -2.28. The van der Waals surface area contributed by atoms with Crippen molar-refractivity contribution in [1.82, 2.24) is 14.7 Å². The highest BCUT2D eigenvalue weighted by Crippen LogP contribution is 2.23. The number of benzene rings is 1. The highest BCUT2D eigenvalue weighted by Gasteiger charge is 2.26. The first-order chi connectivity index (χ1) is 14.4. The average Bonchev–Trinajstić information content (AvgIpc) is 2.99. The van der Waals surface area contributed by atoms with Crippen molar-refractivity contribution in [2.24, 2.45) is 13.0 Å². The number of hydrogen-bond acceptors (Lipinski definition) is 4. The molecule has 4 rings (SSSR count). The minimum absolute atomic E-state index is 0.0826. The van der Waals surface area contributed by atoms with Crippen molar-refractivity contribution in [2.75, 3.05) is 6.54 Å². The van der Waals surface area contributed by atoms with Gasteiger partial charge in [-0.1, -0.05) is 30.4 Å². The molecule has 1 atom stereocenters. The third kappa shape index (κ3) is 3.95. The van der Waals surface area contributed by atoms with Crippen LogP contribution in [0.25, 0.3) is 11.0 Å². The summed E-state index contributed by atoms with van der Waals surface area (Å²) in [4.78, 5) is 28.0. The minimum Gasteiger partial charge on any atom is -0.422 e. The molecule has 0 unspecified atom stereocenters. The lowest BCUT2D eigenvalue weighted by atomic mass is 9.93. The van der Waals surface area contributed by atoms with Crippen LogP contribution < -0.4 is 5.63 Å². The molecular formula is C24H27N3O3. The van der Waals surface area contributed by atoms with Crippen LogP contribution in [0, 0.1) is 19.8 Å². The van der Waals surface area contributed by atoms with E-state index < -0.39 is 5.63 Å². The summed E-state index contributed by atoms with van der Waals surface area (Å²) >= 11 is 0. The number of aromatic nitrogens is 2. The van der Waals surface area contributed by atoms with Gasteiger partial charge in [0.1, 0.15) is 11.1 Å². The smallest absolute Gasteiger partial charge is 0.349 e. The maximum absolute atomic E-state index is 13.5. The molecule has 0 fully saturated rings. The number of fused-ring (bicyclic) bond motifs is 1. The van der Waals surface area contributed by atoms with E-state index in [1.807, 2.05) is 43.8 Å². The Labute approximate surface area is 175 Å². The van der Waals surface area contributed by atoms with Gasteiger partial charge in [0.15, 0.2) is 0 Å². The molecule has 0 saturated heterocycles. The van der Waals surface area contributed by atoms with E-state index in [1.165, 1.54) is 0 Å². The van der Waals surface area contributed by atoms with Gasteiger partial charge in [0.05, 0.1) is 5.69 Å². The van der Waals surface area contributed by atoms with E-state index in [4.69, 9.17) is 4.42 Å². The molecule has 6 nitrogen and oxygen atoms in total. The number of para-hydroxylation sites is 1. The standard InChI is InChI=1S/C24H27N3O3/c1-16-21(17(2)26(3)25-16)15-27(14-18-9-5-4-6-10-18)23(28)20-13-19-11-7-8-12-22(19)30-24(20)29/h4-5,7-8,11-13,18H,6,9-10,14-15H2,1-3H3/t18-/m0/s1. The Bertz CT molecular complexity index is 1170. The summed E-state index contributed by atoms with van der Waals surface area (Å²) in [5.74, 6) is 0.0930. The van der Waals surface area contributed by atoms with Crippen molar-refractivity contribution in [3.05, 3.63) is 75.4 Å². The normalized spacial score (nSPS) is 16.2. The number of rotatable bonds is 5. The summed E-state index contributed by atoms with van der Waals surface area (Å²) in [6.45, 7) is 4.99. The maximum Gasteiger partial charge on any atom is 0.349 e. The van der Waals surface area contributed by atoms with Gasteiger partial charge in [-0.3, -0.25) is 9.48 Å². The average molecular weight is 405 g/mol. The van der Waals surface area contributed by atoms with Gasteiger partial charge in [-0.15, -0.1) is 0 Å². The molecule has 30 heavy (non-hydrogen) atoms. The molecule has 0 N–H and O–H groups in total. The lowest BCUT2D eigenvalue weighted by molar-refractivity contribution is 0.0705. The van der Waals surface area contributed by atoms with E-state index in [9.17, 15) is 9.59 Å². The Balaban J connectivity index is 1.70. The van der Waals surface area contributed by atoms with E-state index in [0.29, 0.717) is 24.6 Å². The molecule has 2 aromatic heterocycles. The number of aryl methyl sites for hydroxylation is 2. The number of nitrogens with zero attached hydrogens (tertiary/aromatic N) is 3. The summed E-state index contributed by atoms with van der Waals surface area (Å²) in [7, 11) is 1.90. The molecule has 2 heterocycles. The number of amides is 1. The Morgan fingerprint density at radius 1 is 1.27 bits per heavy atom. The number of carbonyl (C=O) groups is 1. The third-order valence-electron chi connectivity index (χ3n) is 6.02. The molecule has 6 heteroatoms. The van der Waals surface area contributed by atoms with Crippen molar-refractivity contribution in [3.63, 3.8) is 0 Å². The molecule has 1 aliphatic carbocycles. The van der Waals surface area contributed by atoms with Gasteiger partial charge in [-0.05, 0) is 51.2 Å². The maximum atomic E-state index is 13.5. The predicted molar refractivity (Wildman–Crippen MR) is 116 cm³/mol. The quantitative estimate of drug-likeness (QED) is 0.473. The van der Waals surface area contributed by atoms with E-state index in [-0.39, 0.29) is 11.5 Å². The Kier molecular flexibility index (Phi) is 5.57. The first-order valence-corrected chi connectivity index (χ1v) is 10.4. The van der Waals surface area contributed by atoms with Gasteiger partial charge in [0, 0.05) is 36.8 Å². The Morgan fingerprint density at radius 2 is 2.07 bits per heavy atom. The van der Waals surface area contributed by atoms with Crippen LogP contribution in [-0.2, 0) is 13.6 Å². The fourth-order valence-electron chi connectivity index (χ4n) is 4.17. The third-order valence-corrected chi connectivity index (χ3v) is 6.02. The lowest BCUT2D eigenvalue weighted by Crippen LogP contribution is -2.37. The SMILES string of the molecule is Cc1nn(C)c(C)c1CN(C[C@H]1CC=CCC1)C(=O)c1cc2ccccc2oc1=O. The van der Waals surface area contributed by atoms with Crippen molar-refractivity contribution in [3.8, 4) is 0 Å². The molecule has 1 aliphatic rings. The van der Waals surface area contributed by atoms with Crippen molar-refractivity contribution >= 4 is 16.9 Å². The Hall–Kier alpha value is -3.15. The van der Waals surface area contributed by atoms with E-state index in [1.54, 1.807) is 17.0 Å². The van der Waals surface area contributed by atoms with Gasteiger partial charge in [-0.2, -0.15) is 5.10 Å². The summed E-state index contributed by atoms with van der Waals surface area (Å²) in [6.07, 6.45) is 7.38. The first-order valence-electron chi connectivity index (χ1n) is 10.4. The molecule has 0 aliphatic heterocycles. The van der Waals surface area contributed by atoms with Gasteiger partial charge in [0.2, 0.25) is 0 Å². The van der Waals surface area contributed by atoms with Crippen LogP contribution in [-0.4, -0.2) is 27.1 Å². The van der Waals surface area contributed by atoms with Crippen molar-refractivity contribution < 1.29 is 9.21 Å². The van der Waals surface area contributed by atoms with Gasteiger partial charge in [-0.25, -0.2) is 4.79 Å². The van der Waals surface area contributed by atoms with Crippen molar-refractivity contribution in [1.29, 1.82) is 0 Å². The van der Waals surface area contributed by atoms with Crippen LogP contribution in [0.4, 0.5) is 0 Å². The molecular weight excluding hydrogens is 378 g/mol. The number of hydrogen-bond donors (Lipinski definition) is 0. The Morgan fingerprint density at radius 3 is 2.77 bits per heavy atom. The van der Waals surface area contributed by atoms with E-state index in [0.717, 1.165) is 41.6 Å². The zero-order valence-electron chi connectivity index (χ0n) is 17.7. The second kappa shape index (κ2) is 8.30. The van der Waals surface area contributed by atoms with Crippen LogP contribution in [0.5, 0.6) is 0 Å². The van der Waals surface area contributed by atoms with Crippen LogP contribution >= 0.6 is 0 Å². The van der Waals surface area contributed by atoms with E-state index >= 15 is 0 Å². The summed E-state index contributed by atoms with van der Waals surface area (Å²) < 4.78 is 7.26. The zero-order chi connectivity index (χ0) is 21.3. The van der Waals surface area contributed by atoms with Gasteiger partial charge >= 0.3 is 5.63 Å². The zero-order valence-corrected chi connectivity index (χ0v) is 17.7. The van der Waals surface area contributed by atoms with Crippen LogP contribution in [0.3, 0.4) is 0 Å². The van der Waals surface area contributed by atoms with Crippen LogP contribution in [0.1, 0.15) is 46.6 Å². The van der Waals surface area contributed by atoms with Crippen LogP contribution in [0.2, 0.25) is 0 Å². The second-order valence-corrected chi connectivity index (χ2v) is 8.09. The highest BCUT2D eigenvalue weighted by atomic mass is 16.4. The molecule has 1 aromatic carbocycles. The molecule has 0 radical (unpaired) electrons. The van der Waals surface area contributed by atoms with Gasteiger partial charge < -0.3 is 9.32 Å². The van der Waals surface area contributed by atoms with E-state index in [2.05, 4.69) is 17.3 Å². The molecule has 3 aromatic rings. The largest absolute Gasteiger partial charge is 0.422 e. The van der Waals surface area contributed by atoms with Crippen molar-refractivity contribution in [2.45, 2.75) is 39.7 Å². The summed E-state index contributed by atoms with van der Waals surface area (Å²) in [5, 5.41) is 5.23. The molecule has 156 valence electrons. The second-order valence-electron chi connectivity index (χ2n) is 8.09. The first kappa shape index (κ1) is 20.1. The highest BCUT2D eigenvalue weighted by molar-refractivity contribution is 5.96. The molecule has 0 saturated carbocycles. The number of allylic oxidation sites excluding steroid dienone is 2. The monoisotopic (exact) mass is 405 g/mol. The molecule has 1 amide bonds. The fraction of sp³-hybridized carbons (Fsp3) is 0.375. The molecule has 0 spiro atoms. The predicted octanol–water partition coefficient (Wildman–Crippen LogP) is 4.14. The van der Waals surface area contributed by atoms with Crippen LogP contribution in [0.15, 0.2) is 51.7 Å². The number of carbonyl (C=O) groups excluding carboxylic acids is 1. The topological polar surface area (TPSA) is 68.3 Å². The fourth-order valence-corrected chi connectivity index (χ4v) is 4.17.